The van der Waals surface area contributed by atoms with Crippen LogP contribution in [0.1, 0.15) is 31.9 Å². The van der Waals surface area contributed by atoms with Gasteiger partial charge in [-0.25, -0.2) is 0 Å². The van der Waals surface area contributed by atoms with Gasteiger partial charge in [0.1, 0.15) is 0 Å². The van der Waals surface area contributed by atoms with Crippen LogP contribution in [0.3, 0.4) is 0 Å². The second-order valence-corrected chi connectivity index (χ2v) is 5.67. The molecule has 1 atom stereocenters. The van der Waals surface area contributed by atoms with E-state index in [4.69, 9.17) is 0 Å². The number of hydrogen-bond donors (Lipinski definition) is 1. The Morgan fingerprint density at radius 3 is 2.62 bits per heavy atom. The van der Waals surface area contributed by atoms with Crippen molar-refractivity contribution < 1.29 is 0 Å². The van der Waals surface area contributed by atoms with E-state index in [1.807, 2.05) is 0 Å². The number of hydrogen-bond acceptors (Lipinski definition) is 1. The maximum Gasteiger partial charge on any atom is 0.0541 e. The van der Waals surface area contributed by atoms with Gasteiger partial charge >= 0.3 is 0 Å². The summed E-state index contributed by atoms with van der Waals surface area (Å²) in [7, 11) is 0. The van der Waals surface area contributed by atoms with Crippen molar-refractivity contribution in [2.24, 2.45) is 0 Å². The molecule has 0 aliphatic carbocycles. The van der Waals surface area contributed by atoms with E-state index in [1.165, 1.54) is 5.56 Å². The third-order valence-electron chi connectivity index (χ3n) is 2.36. The molecule has 1 N–H and O–H groups in total. The lowest BCUT2D eigenvalue weighted by Crippen LogP contribution is -2.23. The van der Waals surface area contributed by atoms with Crippen LogP contribution in [0.2, 0.25) is 0 Å². The molecule has 0 bridgehead atoms. The van der Waals surface area contributed by atoms with Crippen molar-refractivity contribution in [2.45, 2.75) is 26.3 Å². The Hall–Kier alpha value is -0.120. The molecule has 1 nitrogen and oxygen atoms in total. The van der Waals surface area contributed by atoms with Crippen molar-refractivity contribution >= 4 is 31.9 Å². The van der Waals surface area contributed by atoms with Gasteiger partial charge in [-0.05, 0) is 37.6 Å². The van der Waals surface area contributed by atoms with E-state index >= 15 is 0 Å². The van der Waals surface area contributed by atoms with Gasteiger partial charge in [-0.3, -0.25) is 0 Å². The minimum Gasteiger partial charge on any atom is -0.307 e. The van der Waals surface area contributed by atoms with Gasteiger partial charge in [0, 0.05) is 8.95 Å². The van der Waals surface area contributed by atoms with Crippen molar-refractivity contribution in [2.75, 3.05) is 6.54 Å². The average Bonchev–Trinajstić information content (AvgIpc) is 2.20. The molecule has 0 aromatic heterocycles. The highest BCUT2D eigenvalue weighted by Gasteiger charge is 2.14. The van der Waals surface area contributed by atoms with E-state index in [2.05, 4.69) is 75.8 Å². The summed E-state index contributed by atoms with van der Waals surface area (Å²) in [5, 5.41) is 3.50. The van der Waals surface area contributed by atoms with Crippen molar-refractivity contribution in [1.29, 1.82) is 0 Å². The van der Waals surface area contributed by atoms with Crippen LogP contribution >= 0.6 is 31.9 Å². The predicted molar refractivity (Wildman–Crippen MR) is 77.7 cm³/mol. The first-order valence-corrected chi connectivity index (χ1v) is 6.98. The highest BCUT2D eigenvalue weighted by atomic mass is 79.9. The zero-order valence-electron chi connectivity index (χ0n) is 9.69. The lowest BCUT2D eigenvalue weighted by Gasteiger charge is -2.20. The fraction of sp³-hybridized carbons (Fsp3) is 0.385. The maximum atomic E-state index is 4.05. The van der Waals surface area contributed by atoms with Gasteiger partial charge in [-0.2, -0.15) is 0 Å². The normalized spacial score (nSPS) is 12.5. The summed E-state index contributed by atoms with van der Waals surface area (Å²) in [4.78, 5) is 0. The van der Waals surface area contributed by atoms with E-state index in [0.717, 1.165) is 27.5 Å². The van der Waals surface area contributed by atoms with E-state index < -0.39 is 0 Å². The summed E-state index contributed by atoms with van der Waals surface area (Å²) in [5.74, 6) is 0. The van der Waals surface area contributed by atoms with E-state index in [-0.39, 0.29) is 6.04 Å². The summed E-state index contributed by atoms with van der Waals surface area (Å²) in [6, 6.07) is 6.47. The Morgan fingerprint density at radius 2 is 2.12 bits per heavy atom. The molecule has 88 valence electrons. The average molecular weight is 347 g/mol. The summed E-state index contributed by atoms with van der Waals surface area (Å²) >= 11 is 7.06. The predicted octanol–water partition coefficient (Wildman–Crippen LogP) is 4.83. The van der Waals surface area contributed by atoms with Crippen LogP contribution in [0.5, 0.6) is 0 Å². The fourth-order valence-corrected chi connectivity index (χ4v) is 2.85. The van der Waals surface area contributed by atoms with Gasteiger partial charge in [0.25, 0.3) is 0 Å². The fourth-order valence-electron chi connectivity index (χ4n) is 1.57. The summed E-state index contributed by atoms with van der Waals surface area (Å²) in [5.41, 5.74) is 2.38. The van der Waals surface area contributed by atoms with Gasteiger partial charge in [-0.1, -0.05) is 57.0 Å². The Labute approximate surface area is 115 Å². The van der Waals surface area contributed by atoms with Gasteiger partial charge in [-0.15, -0.1) is 0 Å². The molecule has 3 heteroatoms. The van der Waals surface area contributed by atoms with Crippen LogP contribution in [-0.4, -0.2) is 6.54 Å². The number of benzene rings is 1. The van der Waals surface area contributed by atoms with Gasteiger partial charge in [0.15, 0.2) is 0 Å². The van der Waals surface area contributed by atoms with Crippen LogP contribution < -0.4 is 5.32 Å². The number of halogens is 2. The largest absolute Gasteiger partial charge is 0.307 e. The second kappa shape index (κ2) is 6.58. The SMILES string of the molecule is C=C(C)C(NCCC)c1ccc(Br)cc1Br. The highest BCUT2D eigenvalue weighted by Crippen LogP contribution is 2.30. The van der Waals surface area contributed by atoms with Crippen molar-refractivity contribution in [3.8, 4) is 0 Å². The topological polar surface area (TPSA) is 12.0 Å². The van der Waals surface area contributed by atoms with E-state index in [9.17, 15) is 0 Å². The molecule has 0 fully saturated rings. The van der Waals surface area contributed by atoms with E-state index in [1.54, 1.807) is 0 Å². The van der Waals surface area contributed by atoms with Gasteiger partial charge < -0.3 is 5.32 Å². The molecule has 1 aromatic carbocycles. The Bertz CT molecular complexity index is 374. The van der Waals surface area contributed by atoms with Crippen LogP contribution in [0.15, 0.2) is 39.3 Å². The summed E-state index contributed by atoms with van der Waals surface area (Å²) < 4.78 is 2.19. The van der Waals surface area contributed by atoms with Crippen LogP contribution in [0.25, 0.3) is 0 Å². The summed E-state index contributed by atoms with van der Waals surface area (Å²) in [6.07, 6.45) is 1.12. The zero-order chi connectivity index (χ0) is 12.1. The van der Waals surface area contributed by atoms with E-state index in [0.29, 0.717) is 0 Å². The molecule has 1 aromatic rings. The smallest absolute Gasteiger partial charge is 0.0541 e. The minimum atomic E-state index is 0.224. The first-order chi connectivity index (χ1) is 7.56. The second-order valence-electron chi connectivity index (χ2n) is 3.90. The Morgan fingerprint density at radius 1 is 1.44 bits per heavy atom. The third kappa shape index (κ3) is 3.72. The molecule has 0 spiro atoms. The van der Waals surface area contributed by atoms with Gasteiger partial charge in [0.2, 0.25) is 0 Å². The molecule has 0 heterocycles. The van der Waals surface area contributed by atoms with Crippen molar-refractivity contribution in [3.05, 3.63) is 44.9 Å². The molecule has 1 rings (SSSR count). The standard InChI is InChI=1S/C13H17Br2N/c1-4-7-16-13(9(2)3)11-6-5-10(14)8-12(11)15/h5-6,8,13,16H,2,4,7H2,1,3H3. The molecule has 0 aliphatic rings. The molecule has 0 amide bonds. The quantitative estimate of drug-likeness (QED) is 0.753. The first-order valence-electron chi connectivity index (χ1n) is 5.40. The zero-order valence-corrected chi connectivity index (χ0v) is 12.9. The molecule has 0 saturated heterocycles. The van der Waals surface area contributed by atoms with Crippen molar-refractivity contribution in [1.82, 2.24) is 5.32 Å². The van der Waals surface area contributed by atoms with Gasteiger partial charge in [0.05, 0.1) is 6.04 Å². The molecule has 1 unspecified atom stereocenters. The lowest BCUT2D eigenvalue weighted by molar-refractivity contribution is 0.589. The Kier molecular flexibility index (Phi) is 5.73. The molecular formula is C13H17Br2N. The van der Waals surface area contributed by atoms with Crippen LogP contribution in [-0.2, 0) is 0 Å². The number of nitrogens with one attached hydrogen (secondary N) is 1. The molecule has 16 heavy (non-hydrogen) atoms. The number of rotatable bonds is 5. The third-order valence-corrected chi connectivity index (χ3v) is 3.54. The van der Waals surface area contributed by atoms with Crippen LogP contribution in [0.4, 0.5) is 0 Å². The lowest BCUT2D eigenvalue weighted by atomic mass is 10.0. The molecule has 0 radical (unpaired) electrons. The molecule has 0 saturated carbocycles. The maximum absolute atomic E-state index is 4.05. The Balaban J connectivity index is 2.96. The summed E-state index contributed by atoms with van der Waals surface area (Å²) in [6.45, 7) is 9.28. The first kappa shape index (κ1) is 13.9. The highest BCUT2D eigenvalue weighted by molar-refractivity contribution is 9.11. The minimum absolute atomic E-state index is 0.224. The molecular weight excluding hydrogens is 330 g/mol. The van der Waals surface area contributed by atoms with Crippen molar-refractivity contribution in [3.63, 3.8) is 0 Å². The monoisotopic (exact) mass is 345 g/mol. The molecule has 0 aliphatic heterocycles. The van der Waals surface area contributed by atoms with Crippen LogP contribution in [0, 0.1) is 0 Å².